The average Bonchev–Trinajstić information content (AvgIpc) is 3.16. The molecule has 5 heteroatoms. The Morgan fingerprint density at radius 1 is 1.08 bits per heavy atom. The number of furan rings is 1. The molecule has 26 heavy (non-hydrogen) atoms. The third kappa shape index (κ3) is 3.04. The molecule has 1 aliphatic heterocycles. The molecule has 2 N–H and O–H groups in total. The number of nitrogens with zero attached hydrogens (tertiary/aromatic N) is 1. The van der Waals surface area contributed by atoms with Crippen molar-refractivity contribution < 1.29 is 9.15 Å². The van der Waals surface area contributed by atoms with Gasteiger partial charge in [0.25, 0.3) is 0 Å². The molecule has 0 aliphatic carbocycles. The van der Waals surface area contributed by atoms with E-state index in [1.807, 2.05) is 41.3 Å². The molecule has 132 valence electrons. The normalized spacial score (nSPS) is 16.1. The summed E-state index contributed by atoms with van der Waals surface area (Å²) in [6, 6.07) is 20.0. The lowest BCUT2D eigenvalue weighted by molar-refractivity contribution is 0.415. The van der Waals surface area contributed by atoms with Crippen LogP contribution in [0.15, 0.2) is 71.3 Å². The quantitative estimate of drug-likeness (QED) is 0.713. The van der Waals surface area contributed by atoms with E-state index in [1.165, 1.54) is 5.56 Å². The van der Waals surface area contributed by atoms with Gasteiger partial charge in [0.1, 0.15) is 17.8 Å². The summed E-state index contributed by atoms with van der Waals surface area (Å²) in [7, 11) is 1.65. The van der Waals surface area contributed by atoms with Crippen LogP contribution in [0.3, 0.4) is 0 Å². The van der Waals surface area contributed by atoms with Crippen LogP contribution in [-0.4, -0.2) is 19.1 Å². The van der Waals surface area contributed by atoms with Gasteiger partial charge in [-0.2, -0.15) is 0 Å². The highest BCUT2D eigenvalue weighted by Gasteiger charge is 2.32. The van der Waals surface area contributed by atoms with Crippen LogP contribution in [0.2, 0.25) is 0 Å². The predicted octanol–water partition coefficient (Wildman–Crippen LogP) is 4.50. The number of hydrogen-bond donors (Lipinski definition) is 2. The number of benzene rings is 2. The van der Waals surface area contributed by atoms with E-state index in [0.29, 0.717) is 11.7 Å². The zero-order valence-electron chi connectivity index (χ0n) is 14.6. The molecule has 2 aromatic carbocycles. The molecular formula is C21H21N3O2. The van der Waals surface area contributed by atoms with E-state index in [2.05, 4.69) is 29.6 Å². The van der Waals surface area contributed by atoms with Crippen LogP contribution < -0.4 is 15.0 Å². The first-order valence-electron chi connectivity index (χ1n) is 8.66. The van der Waals surface area contributed by atoms with Crippen molar-refractivity contribution in [3.05, 3.63) is 78.1 Å². The highest BCUT2D eigenvalue weighted by Crippen LogP contribution is 2.32. The van der Waals surface area contributed by atoms with Crippen molar-refractivity contribution in [3.63, 3.8) is 0 Å². The number of ether oxygens (including phenoxy) is 1. The van der Waals surface area contributed by atoms with Crippen LogP contribution >= 0.6 is 0 Å². The summed E-state index contributed by atoms with van der Waals surface area (Å²) in [5.74, 6) is 1.91. The predicted molar refractivity (Wildman–Crippen MR) is 103 cm³/mol. The summed E-state index contributed by atoms with van der Waals surface area (Å²) in [6.45, 7) is 0. The molecule has 0 fully saturated rings. The molecule has 0 saturated carbocycles. The molecule has 0 amide bonds. The minimum absolute atomic E-state index is 0.0604. The Morgan fingerprint density at radius 3 is 2.58 bits per heavy atom. The first-order valence-corrected chi connectivity index (χ1v) is 8.66. The molecule has 2 heterocycles. The number of hydrogen-bond acceptors (Lipinski definition) is 4. The third-order valence-corrected chi connectivity index (χ3v) is 4.67. The molecule has 0 spiro atoms. The van der Waals surface area contributed by atoms with Crippen LogP contribution in [0.5, 0.6) is 5.75 Å². The molecule has 1 unspecified atom stereocenters. The first kappa shape index (κ1) is 16.3. The van der Waals surface area contributed by atoms with Crippen molar-refractivity contribution in [2.75, 3.05) is 17.3 Å². The van der Waals surface area contributed by atoms with Gasteiger partial charge < -0.3 is 19.4 Å². The van der Waals surface area contributed by atoms with Gasteiger partial charge in [-0.05, 0) is 48.7 Å². The molecular weight excluding hydrogens is 326 g/mol. The van der Waals surface area contributed by atoms with Gasteiger partial charge in [-0.25, -0.2) is 0 Å². The van der Waals surface area contributed by atoms with Crippen LogP contribution in [0.25, 0.3) is 0 Å². The number of amidine groups is 1. The summed E-state index contributed by atoms with van der Waals surface area (Å²) < 4.78 is 10.8. The van der Waals surface area contributed by atoms with Crippen molar-refractivity contribution in [1.82, 2.24) is 0 Å². The largest absolute Gasteiger partial charge is 0.497 e. The zero-order valence-corrected chi connectivity index (χ0v) is 14.6. The lowest BCUT2D eigenvalue weighted by atomic mass is 10.0. The minimum Gasteiger partial charge on any atom is -0.497 e. The van der Waals surface area contributed by atoms with Gasteiger partial charge in [0.15, 0.2) is 0 Å². The third-order valence-electron chi connectivity index (χ3n) is 4.67. The number of anilines is 2. The Bertz CT molecular complexity index is 887. The summed E-state index contributed by atoms with van der Waals surface area (Å²) >= 11 is 0. The second kappa shape index (κ2) is 6.96. The van der Waals surface area contributed by atoms with Gasteiger partial charge in [0, 0.05) is 5.69 Å². The standard InChI is InChI=1S/C21H21N3O2/c1-25-17-10-8-16(9-11-17)24-19(12-7-15-5-3-2-4-6-15)23-21-18(20(24)22)13-14-26-21/h2-6,8-11,13-14,19,22-23H,7,12H2,1H3. The monoisotopic (exact) mass is 347 g/mol. The zero-order chi connectivity index (χ0) is 17.9. The fourth-order valence-corrected chi connectivity index (χ4v) is 3.31. The molecule has 5 nitrogen and oxygen atoms in total. The van der Waals surface area contributed by atoms with Gasteiger partial charge >= 0.3 is 0 Å². The molecule has 0 saturated heterocycles. The fraction of sp³-hybridized carbons (Fsp3) is 0.190. The number of aryl methyl sites for hydroxylation is 1. The van der Waals surface area contributed by atoms with Crippen LogP contribution in [0, 0.1) is 5.41 Å². The van der Waals surface area contributed by atoms with Crippen molar-refractivity contribution in [2.24, 2.45) is 0 Å². The highest BCUT2D eigenvalue weighted by molar-refractivity contribution is 6.12. The smallest absolute Gasteiger partial charge is 0.205 e. The Hall–Kier alpha value is -3.21. The van der Waals surface area contributed by atoms with Crippen LogP contribution in [0.4, 0.5) is 11.6 Å². The van der Waals surface area contributed by atoms with Gasteiger partial charge in [-0.3, -0.25) is 5.41 Å². The Labute approximate surface area is 152 Å². The maximum atomic E-state index is 8.69. The molecule has 3 aromatic rings. The molecule has 0 radical (unpaired) electrons. The summed E-state index contributed by atoms with van der Waals surface area (Å²) in [6.07, 6.45) is 3.32. The van der Waals surface area contributed by atoms with E-state index in [0.717, 1.165) is 29.8 Å². The number of nitrogens with one attached hydrogen (secondary N) is 2. The van der Waals surface area contributed by atoms with E-state index in [-0.39, 0.29) is 6.17 Å². The van der Waals surface area contributed by atoms with E-state index in [4.69, 9.17) is 14.6 Å². The summed E-state index contributed by atoms with van der Waals surface area (Å²) in [5.41, 5.74) is 3.01. The van der Waals surface area contributed by atoms with E-state index >= 15 is 0 Å². The molecule has 0 bridgehead atoms. The van der Waals surface area contributed by atoms with E-state index in [9.17, 15) is 0 Å². The Kier molecular flexibility index (Phi) is 4.35. The molecule has 4 rings (SSSR count). The maximum Gasteiger partial charge on any atom is 0.205 e. The molecule has 1 aliphatic rings. The Morgan fingerprint density at radius 2 is 1.85 bits per heavy atom. The topological polar surface area (TPSA) is 61.5 Å². The van der Waals surface area contributed by atoms with Crippen molar-refractivity contribution in [1.29, 1.82) is 5.41 Å². The van der Waals surface area contributed by atoms with Crippen molar-refractivity contribution >= 4 is 17.4 Å². The van der Waals surface area contributed by atoms with Crippen molar-refractivity contribution in [2.45, 2.75) is 19.0 Å². The second-order valence-electron chi connectivity index (χ2n) is 6.26. The number of methoxy groups -OCH3 is 1. The van der Waals surface area contributed by atoms with Gasteiger partial charge in [-0.15, -0.1) is 0 Å². The SMILES string of the molecule is COc1ccc(N2C(=N)c3ccoc3NC2CCc2ccccc2)cc1. The van der Waals surface area contributed by atoms with E-state index < -0.39 is 0 Å². The van der Waals surface area contributed by atoms with Crippen LogP contribution in [0.1, 0.15) is 17.5 Å². The van der Waals surface area contributed by atoms with Crippen LogP contribution in [-0.2, 0) is 6.42 Å². The van der Waals surface area contributed by atoms with Gasteiger partial charge in [0.2, 0.25) is 5.88 Å². The van der Waals surface area contributed by atoms with E-state index in [1.54, 1.807) is 13.4 Å². The molecule has 1 atom stereocenters. The first-order chi connectivity index (χ1) is 12.8. The van der Waals surface area contributed by atoms with Gasteiger partial charge in [0.05, 0.1) is 18.9 Å². The average molecular weight is 347 g/mol. The number of rotatable bonds is 5. The summed E-state index contributed by atoms with van der Waals surface area (Å²) in [4.78, 5) is 2.01. The number of fused-ring (bicyclic) bond motifs is 1. The second-order valence-corrected chi connectivity index (χ2v) is 6.26. The fourth-order valence-electron chi connectivity index (χ4n) is 3.31. The highest BCUT2D eigenvalue weighted by atomic mass is 16.5. The lowest BCUT2D eigenvalue weighted by Gasteiger charge is -2.38. The maximum absolute atomic E-state index is 8.69. The minimum atomic E-state index is -0.0604. The van der Waals surface area contributed by atoms with Gasteiger partial charge in [-0.1, -0.05) is 30.3 Å². The van der Waals surface area contributed by atoms with Crippen molar-refractivity contribution in [3.8, 4) is 5.75 Å². The molecule has 1 aromatic heterocycles. The summed E-state index contributed by atoms with van der Waals surface area (Å²) in [5, 5.41) is 12.1. The lowest BCUT2D eigenvalue weighted by Crippen LogP contribution is -2.49. The Balaban J connectivity index is 1.63.